The fourth-order valence-corrected chi connectivity index (χ4v) is 3.30. The molecule has 2 N–H and O–H groups in total. The summed E-state index contributed by atoms with van der Waals surface area (Å²) < 4.78 is 32.1. The van der Waals surface area contributed by atoms with Crippen LogP contribution in [0.2, 0.25) is 0 Å². The van der Waals surface area contributed by atoms with E-state index in [0.29, 0.717) is 11.4 Å². The predicted octanol–water partition coefficient (Wildman–Crippen LogP) is 2.43. The molecule has 0 aromatic heterocycles. The number of carbonyl (C=O) groups is 1. The van der Waals surface area contributed by atoms with Crippen LogP contribution in [-0.4, -0.2) is 27.5 Å². The van der Waals surface area contributed by atoms with Gasteiger partial charge in [0.25, 0.3) is 0 Å². The first-order chi connectivity index (χ1) is 11.0. The first-order valence-corrected chi connectivity index (χ1v) is 9.12. The van der Waals surface area contributed by atoms with E-state index in [1.165, 1.54) is 25.6 Å². The van der Waals surface area contributed by atoms with Crippen molar-refractivity contribution in [2.45, 2.75) is 43.1 Å². The van der Waals surface area contributed by atoms with Crippen LogP contribution in [-0.2, 0) is 14.8 Å². The second kappa shape index (κ2) is 7.61. The number of amides is 1. The van der Waals surface area contributed by atoms with Crippen molar-refractivity contribution in [2.24, 2.45) is 0 Å². The molecular weight excluding hydrogens is 316 g/mol. The standard InChI is InChI=1S/C16H22N2O4S/c1-3-16(19)18-14-11-13(23(20,21)17-2)9-10-15(14)22-12-7-5-4-6-8-12/h3,9-12,17H,1,4-8H2,2H3,(H,18,19). The van der Waals surface area contributed by atoms with E-state index in [1.54, 1.807) is 6.07 Å². The fraction of sp³-hybridized carbons (Fsp3) is 0.438. The molecule has 1 aromatic carbocycles. The van der Waals surface area contributed by atoms with E-state index in [-0.39, 0.29) is 11.0 Å². The summed E-state index contributed by atoms with van der Waals surface area (Å²) in [6.45, 7) is 3.41. The van der Waals surface area contributed by atoms with Crippen molar-refractivity contribution in [1.29, 1.82) is 0 Å². The lowest BCUT2D eigenvalue weighted by atomic mass is 9.98. The molecule has 0 spiro atoms. The minimum absolute atomic E-state index is 0.0651. The Bertz CT molecular complexity index is 679. The summed E-state index contributed by atoms with van der Waals surface area (Å²) in [5.74, 6) is 0.0552. The fourth-order valence-electron chi connectivity index (χ4n) is 2.54. The van der Waals surface area contributed by atoms with Crippen molar-refractivity contribution in [1.82, 2.24) is 4.72 Å². The Balaban J connectivity index is 2.31. The monoisotopic (exact) mass is 338 g/mol. The summed E-state index contributed by atoms with van der Waals surface area (Å²) in [5.41, 5.74) is 0.330. The Labute approximate surface area is 137 Å². The lowest BCUT2D eigenvalue weighted by molar-refractivity contribution is -0.111. The molecule has 2 rings (SSSR count). The van der Waals surface area contributed by atoms with E-state index in [4.69, 9.17) is 4.74 Å². The predicted molar refractivity (Wildman–Crippen MR) is 89.0 cm³/mol. The van der Waals surface area contributed by atoms with Crippen molar-refractivity contribution in [3.8, 4) is 5.75 Å². The topological polar surface area (TPSA) is 84.5 Å². The summed E-state index contributed by atoms with van der Waals surface area (Å²) >= 11 is 0. The molecule has 0 saturated heterocycles. The third kappa shape index (κ3) is 4.56. The zero-order valence-electron chi connectivity index (χ0n) is 13.2. The second-order valence-electron chi connectivity index (χ2n) is 5.44. The van der Waals surface area contributed by atoms with Crippen LogP contribution in [0.5, 0.6) is 5.75 Å². The highest BCUT2D eigenvalue weighted by molar-refractivity contribution is 7.89. The molecule has 1 aliphatic carbocycles. The van der Waals surface area contributed by atoms with Gasteiger partial charge in [0.2, 0.25) is 15.9 Å². The number of rotatable bonds is 6. The van der Waals surface area contributed by atoms with E-state index >= 15 is 0 Å². The first kappa shape index (κ1) is 17.5. The minimum atomic E-state index is -3.60. The number of hydrogen-bond donors (Lipinski definition) is 2. The highest BCUT2D eigenvalue weighted by atomic mass is 32.2. The maximum Gasteiger partial charge on any atom is 0.247 e. The zero-order chi connectivity index (χ0) is 16.9. The highest BCUT2D eigenvalue weighted by Gasteiger charge is 2.19. The van der Waals surface area contributed by atoms with Gasteiger partial charge in [-0.3, -0.25) is 4.79 Å². The van der Waals surface area contributed by atoms with Crippen molar-refractivity contribution in [3.63, 3.8) is 0 Å². The molecule has 0 bridgehead atoms. The molecule has 7 heteroatoms. The molecule has 1 aliphatic rings. The van der Waals surface area contributed by atoms with Crippen LogP contribution in [0.15, 0.2) is 35.7 Å². The summed E-state index contributed by atoms with van der Waals surface area (Å²) in [6.07, 6.45) is 6.59. The van der Waals surface area contributed by atoms with Gasteiger partial charge in [-0.1, -0.05) is 13.0 Å². The molecule has 0 radical (unpaired) electrons. The molecule has 1 amide bonds. The van der Waals surface area contributed by atoms with Gasteiger partial charge in [-0.05, 0) is 57.0 Å². The molecule has 126 valence electrons. The largest absolute Gasteiger partial charge is 0.488 e. The Morgan fingerprint density at radius 3 is 2.61 bits per heavy atom. The summed E-state index contributed by atoms with van der Waals surface area (Å²) in [4.78, 5) is 11.7. The lowest BCUT2D eigenvalue weighted by Gasteiger charge is -2.24. The van der Waals surface area contributed by atoms with Gasteiger partial charge in [0.05, 0.1) is 16.7 Å². The van der Waals surface area contributed by atoms with Crippen molar-refractivity contribution < 1.29 is 17.9 Å². The molecule has 1 aromatic rings. The Morgan fingerprint density at radius 1 is 1.30 bits per heavy atom. The number of ether oxygens (including phenoxy) is 1. The smallest absolute Gasteiger partial charge is 0.247 e. The van der Waals surface area contributed by atoms with Gasteiger partial charge in [-0.2, -0.15) is 0 Å². The van der Waals surface area contributed by atoms with Crippen LogP contribution < -0.4 is 14.8 Å². The van der Waals surface area contributed by atoms with Gasteiger partial charge in [0.15, 0.2) is 0 Å². The molecule has 1 fully saturated rings. The van der Waals surface area contributed by atoms with Crippen LogP contribution in [0, 0.1) is 0 Å². The second-order valence-corrected chi connectivity index (χ2v) is 7.32. The van der Waals surface area contributed by atoms with E-state index in [1.807, 2.05) is 0 Å². The Kier molecular flexibility index (Phi) is 5.79. The van der Waals surface area contributed by atoms with Gasteiger partial charge in [-0.25, -0.2) is 13.1 Å². The van der Waals surface area contributed by atoms with Crippen LogP contribution in [0.3, 0.4) is 0 Å². The van der Waals surface area contributed by atoms with Crippen molar-refractivity contribution >= 4 is 21.6 Å². The Morgan fingerprint density at radius 2 is 2.00 bits per heavy atom. The summed E-state index contributed by atoms with van der Waals surface area (Å²) in [6, 6.07) is 4.44. The molecule has 23 heavy (non-hydrogen) atoms. The Hall–Kier alpha value is -1.86. The molecule has 0 heterocycles. The molecule has 0 unspecified atom stereocenters. The molecule has 0 atom stereocenters. The SMILES string of the molecule is C=CC(=O)Nc1cc(S(=O)(=O)NC)ccc1OC1CCCCC1. The van der Waals surface area contributed by atoms with E-state index in [0.717, 1.165) is 31.8 Å². The third-order valence-electron chi connectivity index (χ3n) is 3.82. The van der Waals surface area contributed by atoms with Gasteiger partial charge < -0.3 is 10.1 Å². The molecule has 6 nitrogen and oxygen atoms in total. The number of carbonyl (C=O) groups excluding carboxylic acids is 1. The average Bonchev–Trinajstić information content (AvgIpc) is 2.57. The van der Waals surface area contributed by atoms with Crippen molar-refractivity contribution in [2.75, 3.05) is 12.4 Å². The number of hydrogen-bond acceptors (Lipinski definition) is 4. The van der Waals surface area contributed by atoms with Crippen LogP contribution >= 0.6 is 0 Å². The normalized spacial score (nSPS) is 15.9. The summed E-state index contributed by atoms with van der Waals surface area (Å²) in [7, 11) is -2.26. The number of benzene rings is 1. The van der Waals surface area contributed by atoms with E-state index in [2.05, 4.69) is 16.6 Å². The zero-order valence-corrected chi connectivity index (χ0v) is 14.0. The molecule has 1 saturated carbocycles. The van der Waals surface area contributed by atoms with Gasteiger partial charge in [-0.15, -0.1) is 0 Å². The quantitative estimate of drug-likeness (QED) is 0.780. The molecule has 0 aliphatic heterocycles. The number of anilines is 1. The van der Waals surface area contributed by atoms with E-state index < -0.39 is 15.9 Å². The number of nitrogens with one attached hydrogen (secondary N) is 2. The van der Waals surface area contributed by atoms with Gasteiger partial charge in [0, 0.05) is 0 Å². The third-order valence-corrected chi connectivity index (χ3v) is 5.23. The first-order valence-electron chi connectivity index (χ1n) is 7.64. The summed E-state index contributed by atoms with van der Waals surface area (Å²) in [5, 5.41) is 2.61. The highest BCUT2D eigenvalue weighted by Crippen LogP contribution is 2.31. The van der Waals surface area contributed by atoms with Crippen LogP contribution in [0.1, 0.15) is 32.1 Å². The maximum absolute atomic E-state index is 11.9. The minimum Gasteiger partial charge on any atom is -0.488 e. The molecular formula is C16H22N2O4S. The van der Waals surface area contributed by atoms with Crippen LogP contribution in [0.4, 0.5) is 5.69 Å². The van der Waals surface area contributed by atoms with Crippen LogP contribution in [0.25, 0.3) is 0 Å². The van der Waals surface area contributed by atoms with E-state index in [9.17, 15) is 13.2 Å². The van der Waals surface area contributed by atoms with Gasteiger partial charge in [0.1, 0.15) is 5.75 Å². The average molecular weight is 338 g/mol. The number of sulfonamides is 1. The lowest BCUT2D eigenvalue weighted by Crippen LogP contribution is -2.22. The maximum atomic E-state index is 11.9. The van der Waals surface area contributed by atoms with Crippen molar-refractivity contribution in [3.05, 3.63) is 30.9 Å². The van der Waals surface area contributed by atoms with Gasteiger partial charge >= 0.3 is 0 Å².